The van der Waals surface area contributed by atoms with E-state index in [-0.39, 0.29) is 12.3 Å². The fourth-order valence-corrected chi connectivity index (χ4v) is 1.48. The fourth-order valence-electron chi connectivity index (χ4n) is 1.35. The maximum atomic E-state index is 11.5. The van der Waals surface area contributed by atoms with Crippen LogP contribution in [-0.2, 0) is 11.2 Å². The molecule has 92 valence electrons. The van der Waals surface area contributed by atoms with Crippen LogP contribution in [0.25, 0.3) is 0 Å². The number of nitrogens with zero attached hydrogens (tertiary/aromatic N) is 1. The first-order chi connectivity index (χ1) is 8.74. The van der Waals surface area contributed by atoms with Crippen LogP contribution in [0, 0.1) is 0 Å². The molecule has 1 amide bonds. The van der Waals surface area contributed by atoms with Crippen molar-refractivity contribution in [2.75, 3.05) is 0 Å². The molecule has 1 aromatic carbocycles. The standard InChI is InChI=1S/C13H11ClN2O2/c14-12-3-1-10(2-4-12)7-13(17)16-15-8-11-5-6-18-9-11/h1-6,8-9H,7H2,(H,16,17)/b15-8+. The Morgan fingerprint density at radius 3 is 2.78 bits per heavy atom. The molecule has 0 spiro atoms. The first-order valence-corrected chi connectivity index (χ1v) is 5.70. The zero-order valence-corrected chi connectivity index (χ0v) is 10.2. The molecular formula is C13H11ClN2O2. The topological polar surface area (TPSA) is 54.6 Å². The Kier molecular flexibility index (Phi) is 4.15. The summed E-state index contributed by atoms with van der Waals surface area (Å²) >= 11 is 5.76. The molecule has 2 aromatic rings. The normalized spacial score (nSPS) is 10.7. The molecule has 0 saturated heterocycles. The summed E-state index contributed by atoms with van der Waals surface area (Å²) in [6.07, 6.45) is 4.86. The molecule has 1 heterocycles. The van der Waals surface area contributed by atoms with Gasteiger partial charge in [-0.3, -0.25) is 4.79 Å². The summed E-state index contributed by atoms with van der Waals surface area (Å²) in [6.45, 7) is 0. The van der Waals surface area contributed by atoms with Gasteiger partial charge in [0.1, 0.15) is 0 Å². The highest BCUT2D eigenvalue weighted by Crippen LogP contribution is 2.09. The first-order valence-electron chi connectivity index (χ1n) is 5.32. The van der Waals surface area contributed by atoms with Gasteiger partial charge in [-0.15, -0.1) is 0 Å². The summed E-state index contributed by atoms with van der Waals surface area (Å²) in [5, 5.41) is 4.47. The summed E-state index contributed by atoms with van der Waals surface area (Å²) in [6, 6.07) is 8.86. The van der Waals surface area contributed by atoms with E-state index >= 15 is 0 Å². The van der Waals surface area contributed by atoms with Crippen LogP contribution in [-0.4, -0.2) is 12.1 Å². The van der Waals surface area contributed by atoms with Gasteiger partial charge in [0.05, 0.1) is 25.2 Å². The minimum Gasteiger partial charge on any atom is -0.472 e. The summed E-state index contributed by atoms with van der Waals surface area (Å²) < 4.78 is 4.86. The predicted octanol–water partition coefficient (Wildman–Crippen LogP) is 2.63. The SMILES string of the molecule is O=C(Cc1ccc(Cl)cc1)N/N=C/c1ccoc1. The molecule has 0 bridgehead atoms. The second-order valence-corrected chi connectivity index (χ2v) is 4.09. The quantitative estimate of drug-likeness (QED) is 0.680. The lowest BCUT2D eigenvalue weighted by Crippen LogP contribution is -2.19. The van der Waals surface area contributed by atoms with E-state index in [9.17, 15) is 4.79 Å². The molecule has 0 aliphatic rings. The molecule has 2 rings (SSSR count). The van der Waals surface area contributed by atoms with Crippen molar-refractivity contribution in [3.8, 4) is 0 Å². The molecule has 0 aliphatic carbocycles. The predicted molar refractivity (Wildman–Crippen MR) is 69.6 cm³/mol. The van der Waals surface area contributed by atoms with Gasteiger partial charge in [0.2, 0.25) is 5.91 Å². The van der Waals surface area contributed by atoms with E-state index in [0.29, 0.717) is 5.02 Å². The van der Waals surface area contributed by atoms with Gasteiger partial charge in [-0.1, -0.05) is 23.7 Å². The van der Waals surface area contributed by atoms with E-state index in [4.69, 9.17) is 16.0 Å². The molecule has 4 nitrogen and oxygen atoms in total. The molecule has 0 fully saturated rings. The van der Waals surface area contributed by atoms with Crippen molar-refractivity contribution in [1.82, 2.24) is 5.43 Å². The van der Waals surface area contributed by atoms with E-state index in [0.717, 1.165) is 11.1 Å². The number of carbonyl (C=O) groups excluding carboxylic acids is 1. The minimum atomic E-state index is -0.183. The highest BCUT2D eigenvalue weighted by atomic mass is 35.5. The smallest absolute Gasteiger partial charge is 0.244 e. The van der Waals surface area contributed by atoms with Gasteiger partial charge in [0, 0.05) is 10.6 Å². The summed E-state index contributed by atoms with van der Waals surface area (Å²) in [5.74, 6) is -0.183. The zero-order valence-electron chi connectivity index (χ0n) is 9.47. The highest BCUT2D eigenvalue weighted by Gasteiger charge is 2.01. The van der Waals surface area contributed by atoms with E-state index in [1.807, 2.05) is 12.1 Å². The monoisotopic (exact) mass is 262 g/mol. The maximum absolute atomic E-state index is 11.5. The highest BCUT2D eigenvalue weighted by molar-refractivity contribution is 6.30. The van der Waals surface area contributed by atoms with Crippen LogP contribution in [0.5, 0.6) is 0 Å². The first kappa shape index (κ1) is 12.4. The molecule has 0 radical (unpaired) electrons. The van der Waals surface area contributed by atoms with Crippen LogP contribution in [0.1, 0.15) is 11.1 Å². The molecule has 1 N–H and O–H groups in total. The van der Waals surface area contributed by atoms with Gasteiger partial charge in [0.25, 0.3) is 0 Å². The Labute approximate surface area is 109 Å². The van der Waals surface area contributed by atoms with Gasteiger partial charge < -0.3 is 4.42 Å². The van der Waals surface area contributed by atoms with Crippen molar-refractivity contribution in [2.24, 2.45) is 5.10 Å². The Morgan fingerprint density at radius 1 is 1.33 bits per heavy atom. The van der Waals surface area contributed by atoms with Crippen LogP contribution in [0.15, 0.2) is 52.4 Å². The van der Waals surface area contributed by atoms with E-state index < -0.39 is 0 Å². The lowest BCUT2D eigenvalue weighted by Gasteiger charge is -2.00. The lowest BCUT2D eigenvalue weighted by molar-refractivity contribution is -0.120. The van der Waals surface area contributed by atoms with Crippen LogP contribution in [0.2, 0.25) is 5.02 Å². The number of carbonyl (C=O) groups is 1. The van der Waals surface area contributed by atoms with Gasteiger partial charge >= 0.3 is 0 Å². The number of halogens is 1. The summed E-state index contributed by atoms with van der Waals surface area (Å²) in [4.78, 5) is 11.5. The molecule has 0 aliphatic heterocycles. The fraction of sp³-hybridized carbons (Fsp3) is 0.0769. The van der Waals surface area contributed by atoms with Crippen LogP contribution in [0.4, 0.5) is 0 Å². The van der Waals surface area contributed by atoms with Crippen molar-refractivity contribution >= 4 is 23.7 Å². The number of hydrogen-bond acceptors (Lipinski definition) is 3. The van der Waals surface area contributed by atoms with Crippen molar-refractivity contribution < 1.29 is 9.21 Å². The van der Waals surface area contributed by atoms with Gasteiger partial charge in [0.15, 0.2) is 0 Å². The molecule has 0 atom stereocenters. The average Bonchev–Trinajstić information content (AvgIpc) is 2.85. The van der Waals surface area contributed by atoms with Crippen LogP contribution in [0.3, 0.4) is 0 Å². The number of benzene rings is 1. The third kappa shape index (κ3) is 3.75. The number of nitrogens with one attached hydrogen (secondary N) is 1. The number of hydrogen-bond donors (Lipinski definition) is 1. The third-order valence-electron chi connectivity index (χ3n) is 2.22. The van der Waals surface area contributed by atoms with Crippen molar-refractivity contribution in [3.63, 3.8) is 0 Å². The van der Waals surface area contributed by atoms with Crippen LogP contribution < -0.4 is 5.43 Å². The third-order valence-corrected chi connectivity index (χ3v) is 2.48. The molecular weight excluding hydrogens is 252 g/mol. The Bertz CT molecular complexity index is 533. The largest absolute Gasteiger partial charge is 0.472 e. The van der Waals surface area contributed by atoms with Crippen molar-refractivity contribution in [1.29, 1.82) is 0 Å². The molecule has 0 saturated carbocycles. The number of hydrazone groups is 1. The van der Waals surface area contributed by atoms with Crippen LogP contribution >= 0.6 is 11.6 Å². The van der Waals surface area contributed by atoms with Crippen molar-refractivity contribution in [2.45, 2.75) is 6.42 Å². The Hall–Kier alpha value is -2.07. The van der Waals surface area contributed by atoms with E-state index in [1.165, 1.54) is 18.7 Å². The second-order valence-electron chi connectivity index (χ2n) is 3.65. The molecule has 18 heavy (non-hydrogen) atoms. The number of rotatable bonds is 4. The van der Waals surface area contributed by atoms with Crippen molar-refractivity contribution in [3.05, 3.63) is 59.0 Å². The molecule has 1 aromatic heterocycles. The van der Waals surface area contributed by atoms with E-state index in [2.05, 4.69) is 10.5 Å². The lowest BCUT2D eigenvalue weighted by atomic mass is 10.1. The van der Waals surface area contributed by atoms with Gasteiger partial charge in [-0.05, 0) is 23.8 Å². The molecule has 5 heteroatoms. The zero-order chi connectivity index (χ0) is 12.8. The number of amides is 1. The summed E-state index contributed by atoms with van der Waals surface area (Å²) in [7, 11) is 0. The molecule has 0 unspecified atom stereocenters. The number of furan rings is 1. The Morgan fingerprint density at radius 2 is 2.11 bits per heavy atom. The summed E-state index contributed by atoms with van der Waals surface area (Å²) in [5.41, 5.74) is 4.12. The Balaban J connectivity index is 1.84. The average molecular weight is 263 g/mol. The van der Waals surface area contributed by atoms with Gasteiger partial charge in [-0.25, -0.2) is 5.43 Å². The van der Waals surface area contributed by atoms with Gasteiger partial charge in [-0.2, -0.15) is 5.10 Å². The second kappa shape index (κ2) is 6.02. The van der Waals surface area contributed by atoms with E-state index in [1.54, 1.807) is 18.2 Å². The minimum absolute atomic E-state index is 0.183. The maximum Gasteiger partial charge on any atom is 0.244 e.